The number of nitrogens with zero attached hydrogens (tertiary/aromatic N) is 2. The van der Waals surface area contributed by atoms with Gasteiger partial charge in [0.25, 0.3) is 11.8 Å². The molecule has 6 nitrogen and oxygen atoms in total. The van der Waals surface area contributed by atoms with E-state index in [1.807, 2.05) is 37.3 Å². The van der Waals surface area contributed by atoms with E-state index < -0.39 is 0 Å². The SMILES string of the molecule is Cc1c(C(=O)N(C)Cc2ccccc2)oc2c1/C(=N/NC(=O)c1ccccc1Cl)CCC2. The number of rotatable bonds is 5. The third kappa shape index (κ3) is 4.46. The van der Waals surface area contributed by atoms with Crippen LogP contribution in [-0.2, 0) is 13.0 Å². The van der Waals surface area contributed by atoms with Crippen molar-refractivity contribution in [3.05, 3.63) is 93.4 Å². The molecule has 1 N–H and O–H groups in total. The Morgan fingerprint density at radius 2 is 1.81 bits per heavy atom. The van der Waals surface area contributed by atoms with Crippen molar-refractivity contribution < 1.29 is 14.0 Å². The van der Waals surface area contributed by atoms with Gasteiger partial charge < -0.3 is 9.32 Å². The highest BCUT2D eigenvalue weighted by Crippen LogP contribution is 2.30. The molecule has 0 radical (unpaired) electrons. The highest BCUT2D eigenvalue weighted by molar-refractivity contribution is 6.33. The lowest BCUT2D eigenvalue weighted by atomic mass is 9.93. The second kappa shape index (κ2) is 9.40. The summed E-state index contributed by atoms with van der Waals surface area (Å²) in [5.74, 6) is 0.492. The van der Waals surface area contributed by atoms with E-state index >= 15 is 0 Å². The summed E-state index contributed by atoms with van der Waals surface area (Å²) in [4.78, 5) is 27.2. The van der Waals surface area contributed by atoms with Crippen molar-refractivity contribution in [2.75, 3.05) is 7.05 Å². The van der Waals surface area contributed by atoms with Crippen LogP contribution >= 0.6 is 11.6 Å². The third-order valence-corrected chi connectivity index (χ3v) is 5.87. The van der Waals surface area contributed by atoms with Crippen LogP contribution in [0.15, 0.2) is 64.1 Å². The number of hydrogen-bond donors (Lipinski definition) is 1. The third-order valence-electron chi connectivity index (χ3n) is 5.54. The Hall–Kier alpha value is -3.38. The number of benzene rings is 2. The fourth-order valence-corrected chi connectivity index (χ4v) is 4.13. The van der Waals surface area contributed by atoms with Crippen molar-refractivity contribution in [1.29, 1.82) is 0 Å². The summed E-state index contributed by atoms with van der Waals surface area (Å²) in [7, 11) is 1.76. The molecule has 32 heavy (non-hydrogen) atoms. The number of carbonyl (C=O) groups is 2. The maximum Gasteiger partial charge on any atom is 0.289 e. The summed E-state index contributed by atoms with van der Waals surface area (Å²) in [5.41, 5.74) is 6.26. The van der Waals surface area contributed by atoms with Crippen molar-refractivity contribution >= 4 is 29.1 Å². The van der Waals surface area contributed by atoms with Gasteiger partial charge in [-0.15, -0.1) is 0 Å². The molecule has 1 aliphatic rings. The number of aryl methyl sites for hydroxylation is 1. The normalized spacial score (nSPS) is 14.2. The van der Waals surface area contributed by atoms with Crippen LogP contribution in [0.5, 0.6) is 0 Å². The predicted molar refractivity (Wildman–Crippen MR) is 124 cm³/mol. The molecule has 0 spiro atoms. The minimum Gasteiger partial charge on any atom is -0.455 e. The first-order valence-corrected chi connectivity index (χ1v) is 10.9. The van der Waals surface area contributed by atoms with Crippen molar-refractivity contribution in [3.63, 3.8) is 0 Å². The van der Waals surface area contributed by atoms with E-state index in [1.54, 1.807) is 36.2 Å². The van der Waals surface area contributed by atoms with Gasteiger partial charge in [-0.3, -0.25) is 9.59 Å². The molecule has 0 unspecified atom stereocenters. The minimum absolute atomic E-state index is 0.180. The van der Waals surface area contributed by atoms with E-state index in [1.165, 1.54) is 0 Å². The summed E-state index contributed by atoms with van der Waals surface area (Å²) < 4.78 is 5.99. The fourth-order valence-electron chi connectivity index (χ4n) is 3.91. The summed E-state index contributed by atoms with van der Waals surface area (Å²) in [6, 6.07) is 16.6. The lowest BCUT2D eigenvalue weighted by Gasteiger charge is -2.16. The van der Waals surface area contributed by atoms with E-state index in [0.29, 0.717) is 35.0 Å². The summed E-state index contributed by atoms with van der Waals surface area (Å²) in [6.45, 7) is 2.35. The Bertz CT molecular complexity index is 1180. The Balaban J connectivity index is 1.56. The molecule has 1 aliphatic carbocycles. The van der Waals surface area contributed by atoms with E-state index in [2.05, 4.69) is 10.5 Å². The number of amides is 2. The molecule has 3 aromatic rings. The molecular weight excluding hydrogens is 426 g/mol. The zero-order valence-electron chi connectivity index (χ0n) is 18.0. The number of carbonyl (C=O) groups excluding carboxylic acids is 2. The Morgan fingerprint density at radius 1 is 1.09 bits per heavy atom. The Morgan fingerprint density at radius 3 is 2.56 bits per heavy atom. The highest BCUT2D eigenvalue weighted by atomic mass is 35.5. The van der Waals surface area contributed by atoms with Crippen LogP contribution in [-0.4, -0.2) is 29.5 Å². The lowest BCUT2D eigenvalue weighted by Crippen LogP contribution is -2.26. The second-order valence-electron chi connectivity index (χ2n) is 7.83. The van der Waals surface area contributed by atoms with Crippen LogP contribution in [0, 0.1) is 6.92 Å². The molecule has 2 amide bonds. The molecule has 0 bridgehead atoms. The monoisotopic (exact) mass is 449 g/mol. The summed E-state index contributed by atoms with van der Waals surface area (Å²) in [6.07, 6.45) is 2.24. The lowest BCUT2D eigenvalue weighted by molar-refractivity contribution is 0.0750. The van der Waals surface area contributed by atoms with Crippen LogP contribution in [0.3, 0.4) is 0 Å². The van der Waals surface area contributed by atoms with Gasteiger partial charge in [0.15, 0.2) is 5.76 Å². The first-order valence-electron chi connectivity index (χ1n) is 10.5. The van der Waals surface area contributed by atoms with Crippen molar-refractivity contribution in [1.82, 2.24) is 10.3 Å². The molecule has 0 aliphatic heterocycles. The fraction of sp³-hybridized carbons (Fsp3) is 0.240. The Labute approximate surface area is 191 Å². The van der Waals surface area contributed by atoms with Gasteiger partial charge in [-0.05, 0) is 37.5 Å². The van der Waals surface area contributed by atoms with Crippen LogP contribution in [0.1, 0.15) is 56.2 Å². The van der Waals surface area contributed by atoms with Gasteiger partial charge in [-0.1, -0.05) is 54.1 Å². The molecule has 164 valence electrons. The van der Waals surface area contributed by atoms with Crippen LogP contribution in [0.4, 0.5) is 0 Å². The van der Waals surface area contributed by atoms with Gasteiger partial charge >= 0.3 is 0 Å². The van der Waals surface area contributed by atoms with Crippen molar-refractivity contribution in [3.8, 4) is 0 Å². The van der Waals surface area contributed by atoms with E-state index in [4.69, 9.17) is 16.0 Å². The molecule has 0 fully saturated rings. The largest absolute Gasteiger partial charge is 0.455 e. The van der Waals surface area contributed by atoms with Crippen LogP contribution in [0.25, 0.3) is 0 Å². The quantitative estimate of drug-likeness (QED) is 0.558. The van der Waals surface area contributed by atoms with E-state index in [-0.39, 0.29) is 11.8 Å². The van der Waals surface area contributed by atoms with E-state index in [9.17, 15) is 9.59 Å². The summed E-state index contributed by atoms with van der Waals surface area (Å²) in [5, 5.41) is 4.73. The van der Waals surface area contributed by atoms with Gasteiger partial charge in [0.05, 0.1) is 16.3 Å². The molecule has 4 rings (SSSR count). The molecule has 0 saturated carbocycles. The maximum absolute atomic E-state index is 13.1. The van der Waals surface area contributed by atoms with Crippen molar-refractivity contribution in [2.45, 2.75) is 32.7 Å². The van der Waals surface area contributed by atoms with Gasteiger partial charge in [-0.25, -0.2) is 5.43 Å². The topological polar surface area (TPSA) is 74.9 Å². The number of nitrogens with one attached hydrogen (secondary N) is 1. The molecule has 0 saturated heterocycles. The molecule has 2 aromatic carbocycles. The standard InChI is InChI=1S/C25H24ClN3O3/c1-16-22-20(27-28-24(30)18-11-6-7-12-19(18)26)13-8-14-21(22)32-23(16)25(31)29(2)15-17-9-4-3-5-10-17/h3-7,9-12H,8,13-15H2,1-2H3,(H,28,30)/b27-20+. The average Bonchev–Trinajstić information content (AvgIpc) is 3.15. The first kappa shape index (κ1) is 21.8. The average molecular weight is 450 g/mol. The molecular formula is C25H24ClN3O3. The zero-order valence-corrected chi connectivity index (χ0v) is 18.8. The second-order valence-corrected chi connectivity index (χ2v) is 8.24. The van der Waals surface area contributed by atoms with Crippen LogP contribution in [0.2, 0.25) is 5.02 Å². The highest BCUT2D eigenvalue weighted by Gasteiger charge is 2.29. The van der Waals surface area contributed by atoms with Crippen LogP contribution < -0.4 is 5.43 Å². The minimum atomic E-state index is -0.379. The summed E-state index contributed by atoms with van der Waals surface area (Å²) >= 11 is 6.11. The zero-order chi connectivity index (χ0) is 22.7. The first-order chi connectivity index (χ1) is 15.5. The van der Waals surface area contributed by atoms with E-state index in [0.717, 1.165) is 35.3 Å². The number of halogens is 1. The Kier molecular flexibility index (Phi) is 6.42. The van der Waals surface area contributed by atoms with Gasteiger partial charge in [0.1, 0.15) is 5.76 Å². The van der Waals surface area contributed by atoms with Crippen molar-refractivity contribution in [2.24, 2.45) is 5.10 Å². The number of hydrazone groups is 1. The maximum atomic E-state index is 13.1. The van der Waals surface area contributed by atoms with Gasteiger partial charge in [0.2, 0.25) is 0 Å². The number of fused-ring (bicyclic) bond motifs is 1. The molecule has 1 aromatic heterocycles. The molecule has 7 heteroatoms. The molecule has 1 heterocycles. The number of hydrogen-bond acceptors (Lipinski definition) is 4. The van der Waals surface area contributed by atoms with Gasteiger partial charge in [0, 0.05) is 31.1 Å². The number of furan rings is 1. The van der Waals surface area contributed by atoms with Gasteiger partial charge in [-0.2, -0.15) is 5.10 Å². The smallest absolute Gasteiger partial charge is 0.289 e. The predicted octanol–water partition coefficient (Wildman–Crippen LogP) is 4.98. The molecule has 0 atom stereocenters.